The molecule has 194 valence electrons. The van der Waals surface area contributed by atoms with Crippen LogP contribution in [0, 0.1) is 13.8 Å². The van der Waals surface area contributed by atoms with Gasteiger partial charge in [0, 0.05) is 6.42 Å². The van der Waals surface area contributed by atoms with Crippen LogP contribution in [0.3, 0.4) is 0 Å². The van der Waals surface area contributed by atoms with Crippen LogP contribution in [-0.2, 0) is 16.0 Å². The van der Waals surface area contributed by atoms with Crippen molar-refractivity contribution in [3.05, 3.63) is 89.5 Å². The molecule has 0 amide bonds. The average Bonchev–Trinajstić information content (AvgIpc) is 2.82. The Hall–Kier alpha value is -3.29. The van der Waals surface area contributed by atoms with Gasteiger partial charge in [0.2, 0.25) is 0 Å². The van der Waals surface area contributed by atoms with Crippen LogP contribution >= 0.6 is 24.4 Å². The van der Waals surface area contributed by atoms with Crippen LogP contribution in [0.1, 0.15) is 50.3 Å². The number of hydrogen-bond acceptors (Lipinski definition) is 6. The number of nitrogens with zero attached hydrogens (tertiary/aromatic N) is 1. The molecule has 5 nitrogen and oxygen atoms in total. The van der Waals surface area contributed by atoms with Crippen LogP contribution in [0.2, 0.25) is 0 Å². The second kappa shape index (κ2) is 12.8. The van der Waals surface area contributed by atoms with Crippen molar-refractivity contribution in [1.29, 1.82) is 0 Å². The number of esters is 1. The van der Waals surface area contributed by atoms with E-state index in [1.807, 2.05) is 107 Å². The maximum atomic E-state index is 12.0. The Balaban J connectivity index is 1.73. The number of aryl methyl sites for hydroxylation is 3. The van der Waals surface area contributed by atoms with Gasteiger partial charge in [-0.15, -0.1) is 0 Å². The molecule has 0 aromatic heterocycles. The lowest BCUT2D eigenvalue weighted by atomic mass is 10.1. The molecule has 37 heavy (non-hydrogen) atoms. The van der Waals surface area contributed by atoms with Crippen molar-refractivity contribution in [3.63, 3.8) is 0 Å². The third-order valence-electron chi connectivity index (χ3n) is 5.28. The first-order valence-corrected chi connectivity index (χ1v) is 13.0. The van der Waals surface area contributed by atoms with Crippen molar-refractivity contribution in [2.75, 3.05) is 4.90 Å². The van der Waals surface area contributed by atoms with Crippen molar-refractivity contribution < 1.29 is 19.0 Å². The average molecular weight is 536 g/mol. The smallest absolute Gasteiger partial charge is 0.306 e. The van der Waals surface area contributed by atoms with Crippen molar-refractivity contribution >= 4 is 46.4 Å². The minimum atomic E-state index is -0.472. The molecule has 3 rings (SSSR count). The Morgan fingerprint density at radius 3 is 1.65 bits per heavy atom. The molecule has 0 atom stereocenters. The zero-order valence-electron chi connectivity index (χ0n) is 21.9. The second-order valence-electron chi connectivity index (χ2n) is 9.80. The molecule has 3 aromatic carbocycles. The van der Waals surface area contributed by atoms with Crippen molar-refractivity contribution in [2.45, 2.75) is 59.5 Å². The third kappa shape index (κ3) is 9.26. The van der Waals surface area contributed by atoms with E-state index in [4.69, 9.17) is 38.6 Å². The van der Waals surface area contributed by atoms with Crippen LogP contribution < -0.4 is 14.4 Å². The Bertz CT molecular complexity index is 1150. The van der Waals surface area contributed by atoms with Gasteiger partial charge in [0.05, 0.1) is 5.69 Å². The van der Waals surface area contributed by atoms with Gasteiger partial charge in [-0.25, -0.2) is 4.90 Å². The zero-order valence-corrected chi connectivity index (χ0v) is 23.6. The van der Waals surface area contributed by atoms with Crippen LogP contribution in [0.25, 0.3) is 0 Å². The SMILES string of the molecule is Cc1ccc(OC(=S)N(C(=S)Oc2ccc(C)cc2)c2ccc(CCCC(=O)OC(C)(C)C)cc2)cc1. The summed E-state index contributed by atoms with van der Waals surface area (Å²) in [6.07, 6.45) is 1.81. The summed E-state index contributed by atoms with van der Waals surface area (Å²) in [4.78, 5) is 13.6. The lowest BCUT2D eigenvalue weighted by Gasteiger charge is -2.25. The molecule has 7 heteroatoms. The standard InChI is InChI=1S/C30H33NO4S2/c1-21-9-17-25(18-10-21)33-28(36)31(29(37)34-26-19-11-22(2)12-20-26)24-15-13-23(14-16-24)7-6-8-27(32)35-30(3,4)5/h9-20H,6-8H2,1-5H3. The summed E-state index contributed by atoms with van der Waals surface area (Å²) in [5, 5.41) is 0.303. The number of rotatable bonds is 7. The normalized spacial score (nSPS) is 10.9. The van der Waals surface area contributed by atoms with Gasteiger partial charge in [-0.05, 0) is 114 Å². The highest BCUT2D eigenvalue weighted by Crippen LogP contribution is 2.23. The summed E-state index contributed by atoms with van der Waals surface area (Å²) in [6.45, 7) is 9.63. The first-order chi connectivity index (χ1) is 17.5. The predicted molar refractivity (Wildman–Crippen MR) is 157 cm³/mol. The summed E-state index contributed by atoms with van der Waals surface area (Å²) < 4.78 is 17.3. The lowest BCUT2D eigenvalue weighted by Crippen LogP contribution is -2.40. The molecule has 0 unspecified atom stereocenters. The quantitative estimate of drug-likeness (QED) is 0.229. The molecule has 0 saturated heterocycles. The van der Waals surface area contributed by atoms with Gasteiger partial charge in [-0.1, -0.05) is 47.5 Å². The number of anilines is 1. The molecule has 0 aliphatic carbocycles. The minimum Gasteiger partial charge on any atom is -0.460 e. The fraction of sp³-hybridized carbons (Fsp3) is 0.300. The molecule has 0 aliphatic rings. The molecular formula is C30H33NO4S2. The Morgan fingerprint density at radius 2 is 1.22 bits per heavy atom. The van der Waals surface area contributed by atoms with Gasteiger partial charge in [-0.2, -0.15) is 0 Å². The highest BCUT2D eigenvalue weighted by molar-refractivity contribution is 7.82. The van der Waals surface area contributed by atoms with Crippen LogP contribution in [0.15, 0.2) is 72.8 Å². The lowest BCUT2D eigenvalue weighted by molar-refractivity contribution is -0.154. The maximum Gasteiger partial charge on any atom is 0.306 e. The zero-order chi connectivity index (χ0) is 27.0. The first-order valence-electron chi connectivity index (χ1n) is 12.2. The molecule has 0 aliphatic heterocycles. The molecule has 3 aromatic rings. The first kappa shape index (κ1) is 28.3. The van der Waals surface area contributed by atoms with E-state index in [0.29, 0.717) is 30.0 Å². The largest absolute Gasteiger partial charge is 0.460 e. The van der Waals surface area contributed by atoms with E-state index in [-0.39, 0.29) is 16.3 Å². The number of benzene rings is 3. The summed E-state index contributed by atoms with van der Waals surface area (Å²) >= 11 is 11.3. The number of hydrogen-bond donors (Lipinski definition) is 0. The third-order valence-corrected chi connectivity index (χ3v) is 5.81. The van der Waals surface area contributed by atoms with E-state index in [9.17, 15) is 4.79 Å². The van der Waals surface area contributed by atoms with Gasteiger partial charge < -0.3 is 14.2 Å². The van der Waals surface area contributed by atoms with E-state index >= 15 is 0 Å². The highest BCUT2D eigenvalue weighted by atomic mass is 32.1. The maximum absolute atomic E-state index is 12.0. The highest BCUT2D eigenvalue weighted by Gasteiger charge is 2.22. The van der Waals surface area contributed by atoms with Gasteiger partial charge >= 0.3 is 5.97 Å². The van der Waals surface area contributed by atoms with E-state index in [1.165, 1.54) is 0 Å². The van der Waals surface area contributed by atoms with Crippen LogP contribution in [0.5, 0.6) is 11.5 Å². The topological polar surface area (TPSA) is 48.0 Å². The monoisotopic (exact) mass is 535 g/mol. The van der Waals surface area contributed by atoms with Gasteiger partial charge in [0.1, 0.15) is 17.1 Å². The Kier molecular flexibility index (Phi) is 9.78. The second-order valence-corrected chi connectivity index (χ2v) is 10.5. The van der Waals surface area contributed by atoms with Crippen LogP contribution in [0.4, 0.5) is 5.69 Å². The molecule has 0 spiro atoms. The molecule has 0 bridgehead atoms. The molecular weight excluding hydrogens is 502 g/mol. The Morgan fingerprint density at radius 1 is 0.757 bits per heavy atom. The number of ether oxygens (including phenoxy) is 3. The van der Waals surface area contributed by atoms with Crippen molar-refractivity contribution in [3.8, 4) is 11.5 Å². The number of thiocarbonyl (C=S) groups is 2. The minimum absolute atomic E-state index is 0.152. The van der Waals surface area contributed by atoms with E-state index in [0.717, 1.165) is 23.1 Å². The predicted octanol–water partition coefficient (Wildman–Crippen LogP) is 7.50. The van der Waals surface area contributed by atoms with E-state index in [1.54, 1.807) is 4.90 Å². The van der Waals surface area contributed by atoms with Crippen LogP contribution in [-0.4, -0.2) is 21.9 Å². The summed E-state index contributed by atoms with van der Waals surface area (Å²) in [5.74, 6) is 1.03. The fourth-order valence-corrected chi connectivity index (χ4v) is 4.06. The fourth-order valence-electron chi connectivity index (χ4n) is 3.43. The van der Waals surface area contributed by atoms with E-state index in [2.05, 4.69) is 0 Å². The van der Waals surface area contributed by atoms with Crippen molar-refractivity contribution in [1.82, 2.24) is 0 Å². The number of carbonyl (C=O) groups excluding carboxylic acids is 1. The molecule has 0 fully saturated rings. The summed E-state index contributed by atoms with van der Waals surface area (Å²) in [6, 6.07) is 23.1. The van der Waals surface area contributed by atoms with Gasteiger partial charge in [0.15, 0.2) is 0 Å². The molecule has 0 heterocycles. The summed E-state index contributed by atoms with van der Waals surface area (Å²) in [5.41, 5.74) is 3.57. The van der Waals surface area contributed by atoms with Gasteiger partial charge in [-0.3, -0.25) is 4.79 Å². The van der Waals surface area contributed by atoms with Crippen molar-refractivity contribution in [2.24, 2.45) is 0 Å². The van der Waals surface area contributed by atoms with E-state index < -0.39 is 5.60 Å². The van der Waals surface area contributed by atoms with Gasteiger partial charge in [0.25, 0.3) is 10.3 Å². The molecule has 0 radical (unpaired) electrons. The molecule has 0 saturated carbocycles. The summed E-state index contributed by atoms with van der Waals surface area (Å²) in [7, 11) is 0. The Labute approximate surface area is 230 Å². The molecule has 0 N–H and O–H groups in total. The number of carbonyl (C=O) groups is 1.